The third kappa shape index (κ3) is 13.8. The van der Waals surface area contributed by atoms with Gasteiger partial charge in [-0.2, -0.15) is 0 Å². The first kappa shape index (κ1) is 33.6. The first-order valence-corrected chi connectivity index (χ1v) is 8.98. The number of hydrogen-bond donors (Lipinski definition) is 7. The molecule has 0 saturated heterocycles. The molecule has 1 rings (SSSR count). The second-order valence-corrected chi connectivity index (χ2v) is 6.84. The molecule has 0 aliphatic rings. The Balaban J connectivity index is -0.000000477. The molecule has 1 aromatic rings. The van der Waals surface area contributed by atoms with Gasteiger partial charge < -0.3 is 35.3 Å². The third-order valence-electron chi connectivity index (χ3n) is 2.84. The number of carboxylic acids is 5. The number of nitrogens with zero attached hydrogens (tertiary/aromatic N) is 1. The van der Waals surface area contributed by atoms with Crippen molar-refractivity contribution >= 4 is 60.5 Å². The van der Waals surface area contributed by atoms with Crippen LogP contribution in [0.5, 0.6) is 0 Å². The maximum atomic E-state index is 10.7. The monoisotopic (exact) mass is 521 g/mol. The molecule has 31 heavy (non-hydrogen) atoms. The van der Waals surface area contributed by atoms with Crippen LogP contribution in [-0.2, 0) is 30.6 Å². The van der Waals surface area contributed by atoms with Gasteiger partial charge in [0.1, 0.15) is 6.29 Å². The van der Waals surface area contributed by atoms with Crippen molar-refractivity contribution in [3.8, 4) is 0 Å². The molecule has 0 spiro atoms. The Morgan fingerprint density at radius 3 is 1.35 bits per heavy atom. The summed E-state index contributed by atoms with van der Waals surface area (Å²) in [6, 6.07) is 3.26. The first-order chi connectivity index (χ1) is 13.2. The summed E-state index contributed by atoms with van der Waals surface area (Å²) in [6.45, 7) is -1.45. The molecular weight excluding hydrogens is 504 g/mol. The minimum atomic E-state index is -4.44. The summed E-state index contributed by atoms with van der Waals surface area (Å²) in [5.41, 5.74) is -1.79. The van der Waals surface area contributed by atoms with Crippen LogP contribution in [0.3, 0.4) is 0 Å². The van der Waals surface area contributed by atoms with Crippen molar-refractivity contribution in [2.24, 2.45) is 0 Å². The Morgan fingerprint density at radius 1 is 0.774 bits per heavy atom. The molecule has 0 aromatic heterocycles. The number of aliphatic carboxylic acids is 2. The smallest absolute Gasteiger partial charge is 0.339 e. The first-order valence-electron chi connectivity index (χ1n) is 7.19. The Kier molecular flexibility index (Phi) is 16.1. The van der Waals surface area contributed by atoms with Crippen molar-refractivity contribution in [1.29, 1.82) is 0 Å². The summed E-state index contributed by atoms with van der Waals surface area (Å²) in [6.07, 6.45) is -0.883. The molecule has 17 heteroatoms. The molecule has 174 valence electrons. The van der Waals surface area contributed by atoms with Crippen LogP contribution in [0.15, 0.2) is 18.2 Å². The number of rotatable bonds is 9. The van der Waals surface area contributed by atoms with Crippen LogP contribution in [-0.4, -0.2) is 112 Å². The van der Waals surface area contributed by atoms with Crippen molar-refractivity contribution in [2.75, 3.05) is 19.4 Å². The van der Waals surface area contributed by atoms with E-state index in [9.17, 15) is 28.5 Å². The topological polar surface area (TPSA) is 247 Å². The fourth-order valence-corrected chi connectivity index (χ4v) is 2.66. The van der Waals surface area contributed by atoms with E-state index in [0.29, 0.717) is 4.90 Å². The van der Waals surface area contributed by atoms with Crippen molar-refractivity contribution in [3.05, 3.63) is 34.9 Å². The molecule has 0 aliphatic carbocycles. The van der Waals surface area contributed by atoms with Gasteiger partial charge in [0.15, 0.2) is 0 Å². The molecule has 7 N–H and O–H groups in total. The van der Waals surface area contributed by atoms with Gasteiger partial charge in [-0.1, -0.05) is 6.07 Å². The largest absolute Gasteiger partial charge is 0.480 e. The van der Waals surface area contributed by atoms with Gasteiger partial charge in [-0.3, -0.25) is 19.1 Å². The third-order valence-corrected chi connectivity index (χ3v) is 3.61. The van der Waals surface area contributed by atoms with Gasteiger partial charge in [0, 0.05) is 16.5 Å². The predicted molar refractivity (Wildman–Crippen MR) is 99.6 cm³/mol. The van der Waals surface area contributed by atoms with Crippen LogP contribution in [0, 0.1) is 0 Å². The summed E-state index contributed by atoms with van der Waals surface area (Å²) >= 11 is 0. The van der Waals surface area contributed by atoms with Gasteiger partial charge in [-0.15, -0.1) is 0 Å². The standard InChI is InChI=1S/C9H6O6.C5H10NO7P.Mg.Ni.2H/c10-7(11)4-2-1-3-5(8(12)13)6(4)9(14)15;7-4(8)1-6(2-5(9)10)3-14(11,12)13;;;;/h1-3H,(H,10,11)(H,12,13)(H,14,15);1-3H2,(H,7,8)(H,9,10)(H2,11,12,13);;;;. The maximum absolute atomic E-state index is 10.7. The molecule has 0 atom stereocenters. The summed E-state index contributed by atoms with van der Waals surface area (Å²) in [7, 11) is -4.44. The predicted octanol–water partition coefficient (Wildman–Crippen LogP) is -1.54. The second kappa shape index (κ2) is 14.9. The number of benzene rings is 1. The minimum Gasteiger partial charge on any atom is -0.480 e. The zero-order chi connectivity index (χ0) is 22.9. The average Bonchev–Trinajstić information content (AvgIpc) is 2.51. The summed E-state index contributed by atoms with van der Waals surface area (Å²) < 4.78 is 10.5. The number of aromatic carboxylic acids is 3. The van der Waals surface area contributed by atoms with Gasteiger partial charge in [0.05, 0.1) is 29.8 Å². The van der Waals surface area contributed by atoms with Gasteiger partial charge >= 0.3 is 60.5 Å². The summed E-state index contributed by atoms with van der Waals surface area (Å²) in [5.74, 6) is -7.23. The van der Waals surface area contributed by atoms with E-state index >= 15 is 0 Å². The van der Waals surface area contributed by atoms with Gasteiger partial charge in [0.25, 0.3) is 0 Å². The van der Waals surface area contributed by atoms with Crippen LogP contribution < -0.4 is 0 Å². The van der Waals surface area contributed by atoms with Crippen molar-refractivity contribution in [3.63, 3.8) is 0 Å². The van der Waals surface area contributed by atoms with E-state index in [2.05, 4.69) is 0 Å². The zero-order valence-electron chi connectivity index (χ0n) is 14.6. The van der Waals surface area contributed by atoms with Crippen LogP contribution in [0.25, 0.3) is 0 Å². The van der Waals surface area contributed by atoms with E-state index in [1.165, 1.54) is 6.07 Å². The quantitative estimate of drug-likeness (QED) is 0.143. The van der Waals surface area contributed by atoms with Gasteiger partial charge in [-0.05, 0) is 12.1 Å². The molecule has 0 heterocycles. The fourth-order valence-electron chi connectivity index (χ4n) is 1.94. The van der Waals surface area contributed by atoms with Crippen LogP contribution in [0.4, 0.5) is 0 Å². The summed E-state index contributed by atoms with van der Waals surface area (Å²) in [5, 5.41) is 42.7. The molecule has 0 fully saturated rings. The molecule has 14 nitrogen and oxygen atoms in total. The van der Waals surface area contributed by atoms with Gasteiger partial charge in [0.2, 0.25) is 0 Å². The number of carbonyl (C=O) groups is 5. The molecule has 0 saturated carbocycles. The number of carboxylic acid groups (broad SMARTS) is 5. The van der Waals surface area contributed by atoms with Crippen LogP contribution in [0.1, 0.15) is 31.1 Å². The van der Waals surface area contributed by atoms with Crippen LogP contribution in [0.2, 0.25) is 0 Å². The average molecular weight is 522 g/mol. The normalized spacial score (nSPS) is 9.90. The van der Waals surface area contributed by atoms with Crippen molar-refractivity contribution < 1.29 is 80.3 Å². The second-order valence-electron chi connectivity index (χ2n) is 5.22. The molecule has 0 unspecified atom stereocenters. The Morgan fingerprint density at radius 2 is 1.13 bits per heavy atom. The molecule has 0 aliphatic heterocycles. The van der Waals surface area contributed by atoms with Gasteiger partial charge in [-0.25, -0.2) is 14.4 Å². The van der Waals surface area contributed by atoms with E-state index in [1.807, 2.05) is 0 Å². The molecular formula is C14H18MgNNiO13P. The Labute approximate surface area is 199 Å². The molecule has 1 aromatic carbocycles. The molecule has 0 amide bonds. The van der Waals surface area contributed by atoms with Crippen molar-refractivity contribution in [1.82, 2.24) is 4.90 Å². The minimum absolute atomic E-state index is 0. The summed E-state index contributed by atoms with van der Waals surface area (Å²) in [4.78, 5) is 70.0. The van der Waals surface area contributed by atoms with Crippen LogP contribution >= 0.6 is 7.60 Å². The Bertz CT molecular complexity index is 824. The van der Waals surface area contributed by atoms with E-state index in [1.54, 1.807) is 0 Å². The number of hydrogen-bond acceptors (Lipinski definition) is 7. The molecule has 0 bridgehead atoms. The Hall–Kier alpha value is -2.06. The SMILES string of the molecule is O=C(O)CN(CC(=O)O)CP(=O)(O)O.O=C(O)c1cccc(C(=O)O)c1C(=O)O.[MgH2].[Ni]. The van der Waals surface area contributed by atoms with E-state index in [4.69, 9.17) is 35.3 Å². The van der Waals surface area contributed by atoms with E-state index in [-0.39, 0.29) is 39.5 Å². The van der Waals surface area contributed by atoms with E-state index < -0.39 is 73.5 Å². The zero-order valence-corrected chi connectivity index (χ0v) is 16.5. The van der Waals surface area contributed by atoms with E-state index in [0.717, 1.165) is 12.1 Å². The van der Waals surface area contributed by atoms with Crippen molar-refractivity contribution in [2.45, 2.75) is 0 Å². The molecule has 0 radical (unpaired) electrons. The maximum Gasteiger partial charge on any atom is 0.339 e. The fraction of sp³-hybridized carbons (Fsp3) is 0.214.